The first-order chi connectivity index (χ1) is 7.87. The molecule has 2 nitrogen and oxygen atoms in total. The summed E-state index contributed by atoms with van der Waals surface area (Å²) >= 11 is 0. The fraction of sp³-hybridized carbons (Fsp3) is 0.800. The van der Waals surface area contributed by atoms with E-state index in [0.29, 0.717) is 30.6 Å². The third kappa shape index (κ3) is 1.87. The Morgan fingerprint density at radius 3 is 2.71 bits per heavy atom. The number of aliphatic hydroxyl groups is 1. The Kier molecular flexibility index (Phi) is 3.19. The van der Waals surface area contributed by atoms with Crippen LogP contribution in [0.2, 0.25) is 0 Å². The summed E-state index contributed by atoms with van der Waals surface area (Å²) in [7, 11) is 0. The van der Waals surface area contributed by atoms with Crippen LogP contribution >= 0.6 is 0 Å². The number of fused-ring (bicyclic) bond motifs is 1. The van der Waals surface area contributed by atoms with Gasteiger partial charge in [-0.15, -0.1) is 0 Å². The minimum atomic E-state index is -0.496. The second kappa shape index (κ2) is 4.24. The number of carbonyl (C=O) groups excluding carboxylic acids is 1. The summed E-state index contributed by atoms with van der Waals surface area (Å²) in [6, 6.07) is 0. The molecule has 0 aromatic rings. The standard InChI is InChI=1S/C15H24O2/c1-9(2)11-7-12-10(3)5-6-13(16)15(12,4)14(17)8-11/h10-12,14,17H,1,5-8H2,2-4H3/t10-,11+,12+,14-,15-/m1/s1. The van der Waals surface area contributed by atoms with Gasteiger partial charge in [0.15, 0.2) is 0 Å². The fourth-order valence-electron chi connectivity index (χ4n) is 3.86. The molecular formula is C15H24O2. The minimum absolute atomic E-state index is 0.272. The summed E-state index contributed by atoms with van der Waals surface area (Å²) in [5.74, 6) is 1.52. The minimum Gasteiger partial charge on any atom is -0.392 e. The maximum atomic E-state index is 12.2. The molecule has 0 aliphatic heterocycles. The Morgan fingerprint density at radius 1 is 1.47 bits per heavy atom. The van der Waals surface area contributed by atoms with Gasteiger partial charge in [-0.05, 0) is 50.9 Å². The molecule has 96 valence electrons. The van der Waals surface area contributed by atoms with Gasteiger partial charge in [-0.25, -0.2) is 0 Å². The molecule has 0 unspecified atom stereocenters. The quantitative estimate of drug-likeness (QED) is 0.711. The van der Waals surface area contributed by atoms with Gasteiger partial charge in [0, 0.05) is 6.42 Å². The van der Waals surface area contributed by atoms with Crippen LogP contribution in [-0.2, 0) is 4.79 Å². The number of carbonyl (C=O) groups is 1. The third-order valence-electron chi connectivity index (χ3n) is 5.32. The van der Waals surface area contributed by atoms with Gasteiger partial charge >= 0.3 is 0 Å². The summed E-state index contributed by atoms with van der Waals surface area (Å²) in [4.78, 5) is 12.2. The van der Waals surface area contributed by atoms with E-state index in [2.05, 4.69) is 13.5 Å². The molecule has 17 heavy (non-hydrogen) atoms. The van der Waals surface area contributed by atoms with Crippen LogP contribution in [0.4, 0.5) is 0 Å². The molecule has 0 aromatic heterocycles. The summed E-state index contributed by atoms with van der Waals surface area (Å²) in [5, 5.41) is 10.4. The van der Waals surface area contributed by atoms with E-state index in [9.17, 15) is 9.90 Å². The number of ketones is 1. The van der Waals surface area contributed by atoms with E-state index in [0.717, 1.165) is 18.4 Å². The van der Waals surface area contributed by atoms with Crippen molar-refractivity contribution in [3.63, 3.8) is 0 Å². The summed E-state index contributed by atoms with van der Waals surface area (Å²) in [5.41, 5.74) is 0.653. The van der Waals surface area contributed by atoms with Gasteiger partial charge in [-0.2, -0.15) is 0 Å². The molecule has 2 rings (SSSR count). The lowest BCUT2D eigenvalue weighted by atomic mass is 9.53. The SMILES string of the molecule is C=C(C)[C@@H]1C[C@@H](O)[C@@]2(C)C(=O)CC[C@@H](C)[C@@H]2C1. The van der Waals surface area contributed by atoms with Crippen LogP contribution in [-0.4, -0.2) is 17.0 Å². The molecule has 0 radical (unpaired) electrons. The smallest absolute Gasteiger partial charge is 0.141 e. The van der Waals surface area contributed by atoms with Crippen LogP contribution in [0.3, 0.4) is 0 Å². The zero-order chi connectivity index (χ0) is 12.8. The molecule has 1 N–H and O–H groups in total. The van der Waals surface area contributed by atoms with Crippen LogP contribution in [0.1, 0.15) is 46.5 Å². The van der Waals surface area contributed by atoms with Crippen molar-refractivity contribution in [1.29, 1.82) is 0 Å². The molecule has 2 heteroatoms. The normalized spacial score (nSPS) is 46.5. The van der Waals surface area contributed by atoms with E-state index < -0.39 is 11.5 Å². The average Bonchev–Trinajstić information content (AvgIpc) is 2.26. The molecule has 0 bridgehead atoms. The number of aliphatic hydroxyl groups excluding tert-OH is 1. The maximum absolute atomic E-state index is 12.2. The van der Waals surface area contributed by atoms with Crippen LogP contribution in [0.25, 0.3) is 0 Å². The molecule has 2 aliphatic carbocycles. The van der Waals surface area contributed by atoms with E-state index in [1.165, 1.54) is 0 Å². The Labute approximate surface area is 104 Å². The van der Waals surface area contributed by atoms with Crippen LogP contribution < -0.4 is 0 Å². The van der Waals surface area contributed by atoms with Crippen molar-refractivity contribution in [3.8, 4) is 0 Å². The maximum Gasteiger partial charge on any atom is 0.141 e. The van der Waals surface area contributed by atoms with E-state index in [1.54, 1.807) is 0 Å². The molecule has 0 heterocycles. The van der Waals surface area contributed by atoms with Crippen molar-refractivity contribution >= 4 is 5.78 Å². The number of hydrogen-bond donors (Lipinski definition) is 1. The predicted octanol–water partition coefficient (Wildman–Crippen LogP) is 2.95. The monoisotopic (exact) mass is 236 g/mol. The number of Topliss-reactive ketones (excluding diaryl/α,β-unsaturated/α-hetero) is 1. The van der Waals surface area contributed by atoms with Crippen molar-refractivity contribution in [1.82, 2.24) is 0 Å². The molecule has 0 amide bonds. The first-order valence-electron chi connectivity index (χ1n) is 6.74. The van der Waals surface area contributed by atoms with Gasteiger partial charge < -0.3 is 5.11 Å². The molecule has 0 aromatic carbocycles. The first kappa shape index (κ1) is 12.8. The number of allylic oxidation sites excluding steroid dienone is 1. The molecule has 2 fully saturated rings. The first-order valence-corrected chi connectivity index (χ1v) is 6.74. The lowest BCUT2D eigenvalue weighted by Crippen LogP contribution is -2.55. The van der Waals surface area contributed by atoms with Crippen molar-refractivity contribution in [2.75, 3.05) is 0 Å². The van der Waals surface area contributed by atoms with Gasteiger partial charge in [-0.1, -0.05) is 19.1 Å². The Balaban J connectivity index is 2.31. The summed E-state index contributed by atoms with van der Waals surface area (Å²) in [6.07, 6.45) is 2.87. The Morgan fingerprint density at radius 2 is 2.12 bits per heavy atom. The topological polar surface area (TPSA) is 37.3 Å². The van der Waals surface area contributed by atoms with Gasteiger partial charge in [0.2, 0.25) is 0 Å². The van der Waals surface area contributed by atoms with Gasteiger partial charge in [0.1, 0.15) is 5.78 Å². The highest BCUT2D eigenvalue weighted by Gasteiger charge is 2.54. The van der Waals surface area contributed by atoms with Gasteiger partial charge in [-0.3, -0.25) is 4.79 Å². The van der Waals surface area contributed by atoms with E-state index >= 15 is 0 Å². The van der Waals surface area contributed by atoms with Crippen molar-refractivity contribution in [3.05, 3.63) is 12.2 Å². The van der Waals surface area contributed by atoms with Crippen LogP contribution in [0.15, 0.2) is 12.2 Å². The Hall–Kier alpha value is -0.630. The lowest BCUT2D eigenvalue weighted by molar-refractivity contribution is -0.155. The zero-order valence-electron chi connectivity index (χ0n) is 11.2. The fourth-order valence-corrected chi connectivity index (χ4v) is 3.86. The van der Waals surface area contributed by atoms with Gasteiger partial charge in [0.05, 0.1) is 11.5 Å². The van der Waals surface area contributed by atoms with E-state index in [4.69, 9.17) is 0 Å². The molecule has 5 atom stereocenters. The highest BCUT2D eigenvalue weighted by atomic mass is 16.3. The molecule has 2 aliphatic rings. The second-order valence-corrected chi connectivity index (χ2v) is 6.36. The van der Waals surface area contributed by atoms with Crippen LogP contribution in [0, 0.1) is 23.2 Å². The average molecular weight is 236 g/mol. The van der Waals surface area contributed by atoms with E-state index in [-0.39, 0.29) is 5.78 Å². The second-order valence-electron chi connectivity index (χ2n) is 6.36. The molecule has 0 saturated heterocycles. The predicted molar refractivity (Wildman–Crippen MR) is 68.5 cm³/mol. The highest BCUT2D eigenvalue weighted by Crippen LogP contribution is 2.53. The van der Waals surface area contributed by atoms with Gasteiger partial charge in [0.25, 0.3) is 0 Å². The van der Waals surface area contributed by atoms with Crippen molar-refractivity contribution in [2.24, 2.45) is 23.2 Å². The van der Waals surface area contributed by atoms with Crippen molar-refractivity contribution < 1.29 is 9.90 Å². The summed E-state index contributed by atoms with van der Waals surface area (Å²) in [6.45, 7) is 10.3. The molecular weight excluding hydrogens is 212 g/mol. The lowest BCUT2D eigenvalue weighted by Gasteiger charge is -2.52. The van der Waals surface area contributed by atoms with Crippen molar-refractivity contribution in [2.45, 2.75) is 52.6 Å². The van der Waals surface area contributed by atoms with Crippen LogP contribution in [0.5, 0.6) is 0 Å². The number of hydrogen-bond acceptors (Lipinski definition) is 2. The summed E-state index contributed by atoms with van der Waals surface area (Å²) < 4.78 is 0. The number of rotatable bonds is 1. The zero-order valence-corrected chi connectivity index (χ0v) is 11.2. The Bertz CT molecular complexity index is 347. The largest absolute Gasteiger partial charge is 0.392 e. The molecule has 0 spiro atoms. The van der Waals surface area contributed by atoms with E-state index in [1.807, 2.05) is 13.8 Å². The molecule has 2 saturated carbocycles. The third-order valence-corrected chi connectivity index (χ3v) is 5.32. The highest BCUT2D eigenvalue weighted by molar-refractivity contribution is 5.86.